The fraction of sp³-hybridized carbons (Fsp3) is 0.333. The van der Waals surface area contributed by atoms with E-state index in [2.05, 4.69) is 10.1 Å². The van der Waals surface area contributed by atoms with Crippen LogP contribution >= 0.6 is 0 Å². The predicted octanol–water partition coefficient (Wildman–Crippen LogP) is -0.198. The zero-order chi connectivity index (χ0) is 12.4. The van der Waals surface area contributed by atoms with Gasteiger partial charge in [0.15, 0.2) is 0 Å². The molecule has 2 rings (SSSR count). The van der Waals surface area contributed by atoms with E-state index in [1.54, 1.807) is 24.3 Å². The average molecular weight is 235 g/mol. The van der Waals surface area contributed by atoms with Crippen molar-refractivity contribution in [3.8, 4) is 0 Å². The summed E-state index contributed by atoms with van der Waals surface area (Å²) >= 11 is 0. The summed E-state index contributed by atoms with van der Waals surface area (Å²) in [5, 5.41) is 12.2. The minimum Gasteiger partial charge on any atom is -0.467 e. The van der Waals surface area contributed by atoms with Gasteiger partial charge < -0.3 is 15.2 Å². The molecule has 0 aromatic heterocycles. The Balaban J connectivity index is 2.34. The first-order valence-electron chi connectivity index (χ1n) is 5.26. The zero-order valence-corrected chi connectivity index (χ0v) is 9.29. The van der Waals surface area contributed by atoms with Crippen LogP contribution < -0.4 is 5.32 Å². The van der Waals surface area contributed by atoms with E-state index < -0.39 is 29.9 Å². The van der Waals surface area contributed by atoms with Crippen molar-refractivity contribution in [2.45, 2.75) is 18.1 Å². The zero-order valence-electron chi connectivity index (χ0n) is 9.29. The number of esters is 1. The van der Waals surface area contributed by atoms with Crippen LogP contribution in [0.4, 0.5) is 0 Å². The first kappa shape index (κ1) is 11.6. The van der Waals surface area contributed by atoms with Crippen molar-refractivity contribution in [1.29, 1.82) is 0 Å². The van der Waals surface area contributed by atoms with Crippen molar-refractivity contribution >= 4 is 11.9 Å². The van der Waals surface area contributed by atoms with Crippen LogP contribution in [-0.2, 0) is 14.3 Å². The van der Waals surface area contributed by atoms with Gasteiger partial charge in [-0.3, -0.25) is 4.79 Å². The number of rotatable bonds is 2. The second kappa shape index (κ2) is 4.55. The minimum atomic E-state index is -1.22. The van der Waals surface area contributed by atoms with Crippen LogP contribution in [-0.4, -0.2) is 36.2 Å². The number of hydrogen-bond acceptors (Lipinski definition) is 4. The van der Waals surface area contributed by atoms with Crippen molar-refractivity contribution < 1.29 is 19.4 Å². The topological polar surface area (TPSA) is 75.6 Å². The van der Waals surface area contributed by atoms with E-state index >= 15 is 0 Å². The molecule has 0 bridgehead atoms. The molecule has 2 N–H and O–H groups in total. The Morgan fingerprint density at radius 2 is 2.00 bits per heavy atom. The van der Waals surface area contributed by atoms with Gasteiger partial charge in [-0.2, -0.15) is 0 Å². The predicted molar refractivity (Wildman–Crippen MR) is 59.1 cm³/mol. The van der Waals surface area contributed by atoms with Crippen molar-refractivity contribution in [1.82, 2.24) is 5.32 Å². The molecule has 1 aliphatic rings. The summed E-state index contributed by atoms with van der Waals surface area (Å²) in [6, 6.07) is 8.12. The van der Waals surface area contributed by atoms with Crippen LogP contribution in [0.3, 0.4) is 0 Å². The maximum Gasteiger partial charge on any atom is 0.329 e. The molecule has 1 aromatic carbocycles. The van der Waals surface area contributed by atoms with Gasteiger partial charge in [0.05, 0.1) is 13.0 Å². The summed E-state index contributed by atoms with van der Waals surface area (Å²) in [5.41, 5.74) is 0.730. The third kappa shape index (κ3) is 2.01. The first-order chi connectivity index (χ1) is 8.15. The number of amides is 1. The first-order valence-corrected chi connectivity index (χ1v) is 5.26. The highest BCUT2D eigenvalue weighted by atomic mass is 16.5. The summed E-state index contributed by atoms with van der Waals surface area (Å²) in [7, 11) is 1.25. The largest absolute Gasteiger partial charge is 0.467 e. The lowest BCUT2D eigenvalue weighted by Crippen LogP contribution is -2.37. The lowest BCUT2D eigenvalue weighted by molar-refractivity contribution is -0.143. The molecule has 0 aliphatic carbocycles. The van der Waals surface area contributed by atoms with Gasteiger partial charge in [0.2, 0.25) is 5.91 Å². The Morgan fingerprint density at radius 3 is 2.59 bits per heavy atom. The van der Waals surface area contributed by atoms with Crippen molar-refractivity contribution in [2.24, 2.45) is 0 Å². The van der Waals surface area contributed by atoms with E-state index in [4.69, 9.17) is 0 Å². The molecule has 0 radical (unpaired) electrons. The van der Waals surface area contributed by atoms with Gasteiger partial charge in [0.1, 0.15) is 12.1 Å². The summed E-state index contributed by atoms with van der Waals surface area (Å²) in [6.07, 6.45) is -1.22. The third-order valence-corrected chi connectivity index (χ3v) is 2.91. The third-order valence-electron chi connectivity index (χ3n) is 2.91. The molecule has 17 heavy (non-hydrogen) atoms. The van der Waals surface area contributed by atoms with Gasteiger partial charge >= 0.3 is 5.97 Å². The van der Waals surface area contributed by atoms with Gasteiger partial charge in [-0.15, -0.1) is 0 Å². The highest BCUT2D eigenvalue weighted by molar-refractivity contribution is 5.93. The quantitative estimate of drug-likeness (QED) is 0.696. The Morgan fingerprint density at radius 1 is 1.35 bits per heavy atom. The van der Waals surface area contributed by atoms with E-state index in [0.717, 1.165) is 5.56 Å². The molecule has 0 saturated carbocycles. The van der Waals surface area contributed by atoms with Crippen molar-refractivity contribution in [2.75, 3.05) is 7.11 Å². The standard InChI is InChI=1S/C12H13NO4/c1-17-12(16)9-8(10(14)11(15)13-9)7-5-3-2-4-6-7/h2-6,8-10,14H,1H3,(H,13,15)/t8-,9+,10-/m0/s1. The van der Waals surface area contributed by atoms with E-state index in [1.807, 2.05) is 6.07 Å². The number of carbonyl (C=O) groups is 2. The molecular weight excluding hydrogens is 222 g/mol. The molecule has 1 fully saturated rings. The van der Waals surface area contributed by atoms with E-state index in [0.29, 0.717) is 0 Å². The molecule has 1 aromatic rings. The van der Waals surface area contributed by atoms with Gasteiger partial charge in [0.25, 0.3) is 0 Å². The number of methoxy groups -OCH3 is 1. The fourth-order valence-electron chi connectivity index (χ4n) is 2.06. The summed E-state index contributed by atoms with van der Waals surface area (Å²) in [4.78, 5) is 23.0. The monoisotopic (exact) mass is 235 g/mol. The Hall–Kier alpha value is -1.88. The summed E-state index contributed by atoms with van der Waals surface area (Å²) in [6.45, 7) is 0. The Bertz CT molecular complexity index is 431. The number of aliphatic hydroxyl groups is 1. The number of benzene rings is 1. The van der Waals surface area contributed by atoms with Gasteiger partial charge in [0, 0.05) is 0 Å². The van der Waals surface area contributed by atoms with Crippen LogP contribution in [0.5, 0.6) is 0 Å². The lowest BCUT2D eigenvalue weighted by atomic mass is 9.90. The second-order valence-corrected chi connectivity index (χ2v) is 3.89. The molecule has 1 saturated heterocycles. The van der Waals surface area contributed by atoms with Crippen LogP contribution in [0.1, 0.15) is 11.5 Å². The van der Waals surface area contributed by atoms with Crippen LogP contribution in [0.25, 0.3) is 0 Å². The molecule has 0 unspecified atom stereocenters. The molecule has 1 aliphatic heterocycles. The fourth-order valence-corrected chi connectivity index (χ4v) is 2.06. The molecule has 90 valence electrons. The maximum absolute atomic E-state index is 11.5. The molecule has 5 heteroatoms. The summed E-state index contributed by atoms with van der Waals surface area (Å²) < 4.78 is 4.62. The van der Waals surface area contributed by atoms with E-state index in [9.17, 15) is 14.7 Å². The maximum atomic E-state index is 11.5. The molecule has 3 atom stereocenters. The van der Waals surface area contributed by atoms with Crippen LogP contribution in [0.15, 0.2) is 30.3 Å². The number of ether oxygens (including phenoxy) is 1. The molecule has 0 spiro atoms. The van der Waals surface area contributed by atoms with E-state index in [1.165, 1.54) is 7.11 Å². The molecule has 1 heterocycles. The SMILES string of the molecule is COC(=O)[C@@H]1NC(=O)[C@@H](O)[C@H]1c1ccccc1. The highest BCUT2D eigenvalue weighted by Crippen LogP contribution is 2.29. The normalized spacial score (nSPS) is 27.6. The number of nitrogens with one attached hydrogen (secondary N) is 1. The molecular formula is C12H13NO4. The molecule has 5 nitrogen and oxygen atoms in total. The summed E-state index contributed by atoms with van der Waals surface area (Å²) in [5.74, 6) is -1.70. The smallest absolute Gasteiger partial charge is 0.329 e. The van der Waals surface area contributed by atoms with Crippen molar-refractivity contribution in [3.05, 3.63) is 35.9 Å². The van der Waals surface area contributed by atoms with Crippen LogP contribution in [0, 0.1) is 0 Å². The van der Waals surface area contributed by atoms with Gasteiger partial charge in [-0.25, -0.2) is 4.79 Å². The Labute approximate surface area is 98.4 Å². The Kier molecular flexibility index (Phi) is 3.10. The number of carbonyl (C=O) groups excluding carboxylic acids is 2. The average Bonchev–Trinajstić information content (AvgIpc) is 2.66. The lowest BCUT2D eigenvalue weighted by Gasteiger charge is -2.18. The van der Waals surface area contributed by atoms with Gasteiger partial charge in [-0.05, 0) is 5.56 Å². The van der Waals surface area contributed by atoms with Crippen LogP contribution in [0.2, 0.25) is 0 Å². The second-order valence-electron chi connectivity index (χ2n) is 3.89. The number of hydrogen-bond donors (Lipinski definition) is 2. The van der Waals surface area contributed by atoms with Crippen molar-refractivity contribution in [3.63, 3.8) is 0 Å². The highest BCUT2D eigenvalue weighted by Gasteiger charge is 2.46. The number of aliphatic hydroxyl groups excluding tert-OH is 1. The van der Waals surface area contributed by atoms with E-state index in [-0.39, 0.29) is 0 Å². The minimum absolute atomic E-state index is 0.547. The van der Waals surface area contributed by atoms with Gasteiger partial charge in [-0.1, -0.05) is 30.3 Å². The molecule has 1 amide bonds.